The van der Waals surface area contributed by atoms with Crippen LogP contribution in [0.3, 0.4) is 0 Å². The summed E-state index contributed by atoms with van der Waals surface area (Å²) in [5.41, 5.74) is 10.4. The minimum absolute atomic E-state index is 0.0832. The molecule has 0 amide bonds. The van der Waals surface area contributed by atoms with Crippen molar-refractivity contribution >= 4 is 40.1 Å². The first-order chi connectivity index (χ1) is 12.1. The van der Waals surface area contributed by atoms with E-state index in [9.17, 15) is 10.1 Å². The van der Waals surface area contributed by atoms with E-state index in [-0.39, 0.29) is 15.7 Å². The number of para-hydroxylation sites is 2. The van der Waals surface area contributed by atoms with Gasteiger partial charge in [-0.1, -0.05) is 36.4 Å². The summed E-state index contributed by atoms with van der Waals surface area (Å²) in [7, 11) is 0. The van der Waals surface area contributed by atoms with E-state index in [4.69, 9.17) is 18.0 Å². The molecular formula is C17H15N5O2S. The Morgan fingerprint density at radius 1 is 1.28 bits per heavy atom. The van der Waals surface area contributed by atoms with Crippen molar-refractivity contribution in [3.63, 3.8) is 0 Å². The first-order valence-electron chi connectivity index (χ1n) is 7.45. The lowest BCUT2D eigenvalue weighted by molar-refractivity contribution is -0.385. The van der Waals surface area contributed by atoms with Gasteiger partial charge in [-0.15, -0.1) is 0 Å². The van der Waals surface area contributed by atoms with E-state index in [2.05, 4.69) is 10.5 Å². The van der Waals surface area contributed by atoms with Crippen LogP contribution in [0.5, 0.6) is 0 Å². The molecule has 0 unspecified atom stereocenters. The largest absolute Gasteiger partial charge is 0.375 e. The van der Waals surface area contributed by atoms with Crippen molar-refractivity contribution in [2.24, 2.45) is 10.8 Å². The Kier molecular flexibility index (Phi) is 4.71. The van der Waals surface area contributed by atoms with E-state index in [1.54, 1.807) is 24.4 Å². The van der Waals surface area contributed by atoms with E-state index in [1.807, 2.05) is 35.0 Å². The van der Waals surface area contributed by atoms with Crippen LogP contribution in [0.4, 0.5) is 5.69 Å². The highest BCUT2D eigenvalue weighted by Crippen LogP contribution is 2.24. The molecule has 0 fully saturated rings. The van der Waals surface area contributed by atoms with Crippen LogP contribution in [0, 0.1) is 10.1 Å². The molecule has 8 heteroatoms. The molecule has 7 nitrogen and oxygen atoms in total. The second kappa shape index (κ2) is 7.10. The number of aromatic nitrogens is 1. The molecule has 0 aliphatic heterocycles. The lowest BCUT2D eigenvalue weighted by Gasteiger charge is -2.06. The van der Waals surface area contributed by atoms with Crippen molar-refractivity contribution in [1.82, 2.24) is 9.99 Å². The highest BCUT2D eigenvalue weighted by atomic mass is 32.1. The second-order valence-electron chi connectivity index (χ2n) is 5.35. The van der Waals surface area contributed by atoms with E-state index in [0.29, 0.717) is 12.1 Å². The summed E-state index contributed by atoms with van der Waals surface area (Å²) in [5, 5.41) is 16.3. The highest BCUT2D eigenvalue weighted by Gasteiger charge is 2.14. The van der Waals surface area contributed by atoms with E-state index < -0.39 is 0 Å². The third-order valence-electron chi connectivity index (χ3n) is 3.73. The minimum Gasteiger partial charge on any atom is -0.375 e. The van der Waals surface area contributed by atoms with Crippen LogP contribution in [0.15, 0.2) is 59.8 Å². The molecule has 3 N–H and O–H groups in total. The minimum atomic E-state index is -0.366. The molecule has 1 aromatic heterocycles. The third-order valence-corrected chi connectivity index (χ3v) is 3.82. The number of nitrogens with two attached hydrogens (primary N) is 1. The molecule has 0 saturated heterocycles. The Bertz CT molecular complexity index is 980. The molecule has 0 spiro atoms. The second-order valence-corrected chi connectivity index (χ2v) is 5.79. The van der Waals surface area contributed by atoms with Gasteiger partial charge in [-0.05, 0) is 18.3 Å². The number of nitro benzene ring substituents is 1. The van der Waals surface area contributed by atoms with Crippen molar-refractivity contribution in [3.8, 4) is 0 Å². The van der Waals surface area contributed by atoms with Gasteiger partial charge >= 0.3 is 0 Å². The Morgan fingerprint density at radius 2 is 2.00 bits per heavy atom. The number of hydrogen-bond acceptors (Lipinski definition) is 4. The van der Waals surface area contributed by atoms with Crippen LogP contribution in [-0.4, -0.2) is 20.8 Å². The SMILES string of the molecule is NC(=S)NN=Cc1cn(Cc2ccccc2[N+](=O)[O-])c2ccccc12. The Hall–Kier alpha value is -3.26. The fourth-order valence-electron chi connectivity index (χ4n) is 2.68. The molecule has 3 aromatic rings. The van der Waals surface area contributed by atoms with Gasteiger partial charge in [-0.3, -0.25) is 15.5 Å². The van der Waals surface area contributed by atoms with Crippen molar-refractivity contribution < 1.29 is 4.92 Å². The smallest absolute Gasteiger partial charge is 0.274 e. The molecule has 0 bridgehead atoms. The Balaban J connectivity index is 2.01. The van der Waals surface area contributed by atoms with Gasteiger partial charge in [0.25, 0.3) is 5.69 Å². The normalized spacial score (nSPS) is 11.0. The lowest BCUT2D eigenvalue weighted by atomic mass is 10.1. The van der Waals surface area contributed by atoms with Gasteiger partial charge in [-0.25, -0.2) is 0 Å². The topological polar surface area (TPSA) is 98.5 Å². The maximum atomic E-state index is 11.2. The summed E-state index contributed by atoms with van der Waals surface area (Å²) in [5.74, 6) is 0. The molecule has 25 heavy (non-hydrogen) atoms. The van der Waals surface area contributed by atoms with Gasteiger partial charge in [0.2, 0.25) is 0 Å². The number of nitrogens with one attached hydrogen (secondary N) is 1. The molecule has 2 aromatic carbocycles. The van der Waals surface area contributed by atoms with Crippen LogP contribution in [0.2, 0.25) is 0 Å². The fourth-order valence-corrected chi connectivity index (χ4v) is 2.73. The zero-order valence-corrected chi connectivity index (χ0v) is 13.9. The number of benzene rings is 2. The first-order valence-corrected chi connectivity index (χ1v) is 7.86. The molecule has 0 aliphatic rings. The van der Waals surface area contributed by atoms with E-state index in [0.717, 1.165) is 16.5 Å². The number of hydrazone groups is 1. The predicted octanol–water partition coefficient (Wildman–Crippen LogP) is 2.76. The summed E-state index contributed by atoms with van der Waals surface area (Å²) in [4.78, 5) is 10.9. The van der Waals surface area contributed by atoms with Crippen LogP contribution >= 0.6 is 12.2 Å². The highest BCUT2D eigenvalue weighted by molar-refractivity contribution is 7.80. The molecule has 0 saturated carbocycles. The van der Waals surface area contributed by atoms with Crippen molar-refractivity contribution in [2.75, 3.05) is 0 Å². The third kappa shape index (κ3) is 3.64. The molecule has 0 atom stereocenters. The maximum Gasteiger partial charge on any atom is 0.274 e. The molecule has 3 rings (SSSR count). The summed E-state index contributed by atoms with van der Waals surface area (Å²) in [6, 6.07) is 14.5. The van der Waals surface area contributed by atoms with E-state index >= 15 is 0 Å². The van der Waals surface area contributed by atoms with Crippen LogP contribution in [0.1, 0.15) is 11.1 Å². The van der Waals surface area contributed by atoms with Gasteiger partial charge < -0.3 is 10.3 Å². The first kappa shape index (κ1) is 16.6. The predicted molar refractivity (Wildman–Crippen MR) is 102 cm³/mol. The summed E-state index contributed by atoms with van der Waals surface area (Å²) in [6.07, 6.45) is 3.52. The monoisotopic (exact) mass is 353 g/mol. The number of fused-ring (bicyclic) bond motifs is 1. The number of rotatable bonds is 5. The van der Waals surface area contributed by atoms with Crippen LogP contribution < -0.4 is 11.2 Å². The molecule has 1 heterocycles. The lowest BCUT2D eigenvalue weighted by Crippen LogP contribution is -2.23. The molecule has 126 valence electrons. The fraction of sp³-hybridized carbons (Fsp3) is 0.0588. The van der Waals surface area contributed by atoms with Gasteiger partial charge in [0, 0.05) is 34.3 Å². The molecular weight excluding hydrogens is 338 g/mol. The van der Waals surface area contributed by atoms with Crippen molar-refractivity contribution in [2.45, 2.75) is 6.54 Å². The standard InChI is InChI=1S/C17H15N5O2S/c18-17(25)20-19-9-13-11-21(16-8-4-2-6-14(13)16)10-12-5-1-3-7-15(12)22(23)24/h1-9,11H,10H2,(H3,18,20,25). The number of nitro groups is 1. The quantitative estimate of drug-likeness (QED) is 0.318. The zero-order valence-electron chi connectivity index (χ0n) is 13.1. The summed E-state index contributed by atoms with van der Waals surface area (Å²) in [6.45, 7) is 0.383. The van der Waals surface area contributed by atoms with Gasteiger partial charge in [0.1, 0.15) is 0 Å². The van der Waals surface area contributed by atoms with Crippen LogP contribution in [0.25, 0.3) is 10.9 Å². The van der Waals surface area contributed by atoms with Gasteiger partial charge in [0.05, 0.1) is 17.7 Å². The average Bonchev–Trinajstić information content (AvgIpc) is 2.93. The summed E-state index contributed by atoms with van der Waals surface area (Å²) >= 11 is 4.72. The average molecular weight is 353 g/mol. The van der Waals surface area contributed by atoms with Crippen molar-refractivity contribution in [1.29, 1.82) is 0 Å². The van der Waals surface area contributed by atoms with Gasteiger partial charge in [-0.2, -0.15) is 5.10 Å². The number of hydrogen-bond donors (Lipinski definition) is 2. The molecule has 0 aliphatic carbocycles. The van der Waals surface area contributed by atoms with Gasteiger partial charge in [0.15, 0.2) is 5.11 Å². The zero-order chi connectivity index (χ0) is 17.8. The van der Waals surface area contributed by atoms with E-state index in [1.165, 1.54) is 6.07 Å². The maximum absolute atomic E-state index is 11.2. The summed E-state index contributed by atoms with van der Waals surface area (Å²) < 4.78 is 1.96. The van der Waals surface area contributed by atoms with Crippen molar-refractivity contribution in [3.05, 3.63) is 76.0 Å². The molecule has 0 radical (unpaired) electrons. The van der Waals surface area contributed by atoms with Crippen LogP contribution in [-0.2, 0) is 6.54 Å². The Labute approximate surface area is 148 Å². The number of nitrogens with zero attached hydrogens (tertiary/aromatic N) is 3. The number of thiocarbonyl (C=S) groups is 1. The Morgan fingerprint density at radius 3 is 2.76 bits per heavy atom.